The van der Waals surface area contributed by atoms with E-state index in [1.54, 1.807) is 0 Å². The number of carboxylic acid groups (broad SMARTS) is 1. The van der Waals surface area contributed by atoms with Gasteiger partial charge in [0, 0.05) is 12.5 Å². The topological polar surface area (TPSA) is 134 Å². The molecular formula is C24H25N3O7. The highest BCUT2D eigenvalue weighted by Gasteiger charge is 2.33. The fraction of sp³-hybridized carbons (Fsp3) is 0.333. The second-order valence-corrected chi connectivity index (χ2v) is 7.97. The van der Waals surface area contributed by atoms with Crippen LogP contribution in [0.15, 0.2) is 48.5 Å². The van der Waals surface area contributed by atoms with Crippen molar-refractivity contribution in [2.45, 2.75) is 12.0 Å². The summed E-state index contributed by atoms with van der Waals surface area (Å²) in [7, 11) is 0. The molecule has 0 saturated carbocycles. The molecule has 3 amide bonds. The number of hydrogen-bond donors (Lipinski definition) is 3. The average Bonchev–Trinajstić information content (AvgIpc) is 3.18. The average molecular weight is 467 g/mol. The summed E-state index contributed by atoms with van der Waals surface area (Å²) in [6.07, 6.45) is -0.748. The first-order valence-electron chi connectivity index (χ1n) is 10.9. The lowest BCUT2D eigenvalue weighted by Crippen LogP contribution is -2.55. The standard InChI is InChI=1S/C24H25N3O7/c28-21(25-12-22(29)27-9-10-33-14-20(27)23(30)31)11-26-24(32)34-13-19-17-7-3-1-5-15(17)16-6-2-4-8-18(16)19/h1-8,19-20H,9-14H2,(H,25,28)(H,26,32)(H,30,31). The summed E-state index contributed by atoms with van der Waals surface area (Å²) in [5, 5.41) is 14.0. The largest absolute Gasteiger partial charge is 0.480 e. The Kier molecular flexibility index (Phi) is 7.07. The summed E-state index contributed by atoms with van der Waals surface area (Å²) >= 11 is 0. The minimum atomic E-state index is -1.17. The third-order valence-corrected chi connectivity index (χ3v) is 5.91. The molecule has 2 aromatic rings. The molecule has 1 unspecified atom stereocenters. The van der Waals surface area contributed by atoms with Crippen molar-refractivity contribution in [3.8, 4) is 11.1 Å². The van der Waals surface area contributed by atoms with Gasteiger partial charge < -0.3 is 30.1 Å². The number of carbonyl (C=O) groups excluding carboxylic acids is 3. The molecule has 3 N–H and O–H groups in total. The number of nitrogens with zero attached hydrogens (tertiary/aromatic N) is 1. The van der Waals surface area contributed by atoms with Crippen molar-refractivity contribution in [3.05, 3.63) is 59.7 Å². The van der Waals surface area contributed by atoms with Crippen LogP contribution in [0.4, 0.5) is 4.79 Å². The molecule has 0 aromatic heterocycles. The van der Waals surface area contributed by atoms with Crippen molar-refractivity contribution in [1.82, 2.24) is 15.5 Å². The van der Waals surface area contributed by atoms with Gasteiger partial charge in [-0.25, -0.2) is 9.59 Å². The lowest BCUT2D eigenvalue weighted by molar-refractivity contribution is -0.157. The highest BCUT2D eigenvalue weighted by atomic mass is 16.5. The minimum Gasteiger partial charge on any atom is -0.480 e. The van der Waals surface area contributed by atoms with Crippen LogP contribution < -0.4 is 10.6 Å². The molecule has 1 aliphatic carbocycles. The number of ether oxygens (including phenoxy) is 2. The van der Waals surface area contributed by atoms with Gasteiger partial charge in [-0.2, -0.15) is 0 Å². The van der Waals surface area contributed by atoms with Crippen LogP contribution in [0.5, 0.6) is 0 Å². The molecule has 10 nitrogen and oxygen atoms in total. The monoisotopic (exact) mass is 467 g/mol. The molecular weight excluding hydrogens is 442 g/mol. The molecule has 0 spiro atoms. The predicted octanol–water partition coefficient (Wildman–Crippen LogP) is 0.953. The van der Waals surface area contributed by atoms with Crippen molar-refractivity contribution in [1.29, 1.82) is 0 Å². The van der Waals surface area contributed by atoms with E-state index in [0.717, 1.165) is 27.2 Å². The highest BCUT2D eigenvalue weighted by molar-refractivity contribution is 5.89. The molecule has 4 rings (SSSR count). The number of carboxylic acids is 1. The van der Waals surface area contributed by atoms with Crippen molar-refractivity contribution in [3.63, 3.8) is 0 Å². The van der Waals surface area contributed by atoms with Gasteiger partial charge in [0.1, 0.15) is 13.2 Å². The first kappa shape index (κ1) is 23.2. The maximum atomic E-state index is 12.3. The van der Waals surface area contributed by atoms with Crippen molar-refractivity contribution in [2.24, 2.45) is 0 Å². The van der Waals surface area contributed by atoms with Gasteiger partial charge >= 0.3 is 12.1 Å². The quantitative estimate of drug-likeness (QED) is 0.552. The SMILES string of the molecule is O=C(CNC(=O)OCC1c2ccccc2-c2ccccc21)NCC(=O)N1CCOCC1C(=O)O. The van der Waals surface area contributed by atoms with Crippen molar-refractivity contribution in [2.75, 3.05) is 39.5 Å². The molecule has 1 saturated heterocycles. The molecule has 178 valence electrons. The number of amides is 3. The Hall–Kier alpha value is -3.92. The van der Waals surface area contributed by atoms with Gasteiger partial charge in [0.15, 0.2) is 6.04 Å². The maximum absolute atomic E-state index is 12.3. The second kappa shape index (κ2) is 10.3. The number of morpholine rings is 1. The molecule has 1 fully saturated rings. The Morgan fingerprint density at radius 3 is 2.26 bits per heavy atom. The molecule has 1 heterocycles. The summed E-state index contributed by atoms with van der Waals surface area (Å²) < 4.78 is 10.5. The first-order chi connectivity index (χ1) is 16.5. The maximum Gasteiger partial charge on any atom is 0.407 e. The number of nitrogens with one attached hydrogen (secondary N) is 2. The minimum absolute atomic E-state index is 0.0969. The van der Waals surface area contributed by atoms with Crippen molar-refractivity contribution < 1.29 is 33.8 Å². The fourth-order valence-electron chi connectivity index (χ4n) is 4.25. The van der Waals surface area contributed by atoms with E-state index in [4.69, 9.17) is 9.47 Å². The predicted molar refractivity (Wildman–Crippen MR) is 120 cm³/mol. The third kappa shape index (κ3) is 5.01. The molecule has 2 aliphatic rings. The van der Waals surface area contributed by atoms with Crippen LogP contribution in [0.2, 0.25) is 0 Å². The van der Waals surface area contributed by atoms with E-state index in [-0.39, 0.29) is 45.4 Å². The van der Waals surface area contributed by atoms with Gasteiger partial charge in [-0.15, -0.1) is 0 Å². The van der Waals surface area contributed by atoms with Crippen LogP contribution in [-0.4, -0.2) is 79.4 Å². The van der Waals surface area contributed by atoms with Gasteiger partial charge in [-0.3, -0.25) is 9.59 Å². The Morgan fingerprint density at radius 1 is 0.971 bits per heavy atom. The van der Waals surface area contributed by atoms with E-state index in [2.05, 4.69) is 10.6 Å². The smallest absolute Gasteiger partial charge is 0.407 e. The summed E-state index contributed by atoms with van der Waals surface area (Å²) in [5.74, 6) is -2.40. The zero-order chi connectivity index (χ0) is 24.1. The van der Waals surface area contributed by atoms with Crippen LogP contribution in [-0.2, 0) is 23.9 Å². The number of alkyl carbamates (subject to hydrolysis) is 1. The highest BCUT2D eigenvalue weighted by Crippen LogP contribution is 2.44. The fourth-order valence-corrected chi connectivity index (χ4v) is 4.25. The lowest BCUT2D eigenvalue weighted by Gasteiger charge is -2.32. The van der Waals surface area contributed by atoms with Gasteiger partial charge in [-0.1, -0.05) is 48.5 Å². The number of rotatable bonds is 7. The van der Waals surface area contributed by atoms with Crippen LogP contribution in [0.1, 0.15) is 17.0 Å². The molecule has 10 heteroatoms. The van der Waals surface area contributed by atoms with Gasteiger partial charge in [0.25, 0.3) is 0 Å². The number of hydrogen-bond acceptors (Lipinski definition) is 6. The summed E-state index contributed by atoms with van der Waals surface area (Å²) in [6.45, 7) is -0.382. The Morgan fingerprint density at radius 2 is 1.62 bits per heavy atom. The van der Waals surface area contributed by atoms with Gasteiger partial charge in [0.05, 0.1) is 19.8 Å². The van der Waals surface area contributed by atoms with Crippen LogP contribution in [0, 0.1) is 0 Å². The van der Waals surface area contributed by atoms with Gasteiger partial charge in [0.2, 0.25) is 11.8 Å². The summed E-state index contributed by atoms with van der Waals surface area (Å²) in [5.41, 5.74) is 4.38. The van der Waals surface area contributed by atoms with E-state index in [0.29, 0.717) is 0 Å². The molecule has 34 heavy (non-hydrogen) atoms. The molecule has 2 aromatic carbocycles. The van der Waals surface area contributed by atoms with Crippen LogP contribution in [0.3, 0.4) is 0 Å². The second-order valence-electron chi connectivity index (χ2n) is 7.97. The van der Waals surface area contributed by atoms with E-state index < -0.39 is 29.9 Å². The number of carbonyl (C=O) groups is 4. The zero-order valence-corrected chi connectivity index (χ0v) is 18.4. The molecule has 1 atom stereocenters. The normalized spacial score (nSPS) is 16.8. The summed E-state index contributed by atoms with van der Waals surface area (Å²) in [4.78, 5) is 48.9. The number of benzene rings is 2. The Balaban J connectivity index is 1.23. The molecule has 0 radical (unpaired) electrons. The van der Waals surface area contributed by atoms with Crippen molar-refractivity contribution >= 4 is 23.9 Å². The first-order valence-corrected chi connectivity index (χ1v) is 10.9. The van der Waals surface area contributed by atoms with E-state index in [9.17, 15) is 24.3 Å². The zero-order valence-electron chi connectivity index (χ0n) is 18.4. The van der Waals surface area contributed by atoms with E-state index >= 15 is 0 Å². The lowest BCUT2D eigenvalue weighted by atomic mass is 9.98. The Bertz CT molecular complexity index is 1060. The van der Waals surface area contributed by atoms with E-state index in [1.807, 2.05) is 48.5 Å². The van der Waals surface area contributed by atoms with Crippen LogP contribution in [0.25, 0.3) is 11.1 Å². The van der Waals surface area contributed by atoms with E-state index in [1.165, 1.54) is 0 Å². The number of fused-ring (bicyclic) bond motifs is 3. The summed E-state index contributed by atoms with van der Waals surface area (Å²) in [6, 6.07) is 14.8. The number of aliphatic carboxylic acids is 1. The molecule has 0 bridgehead atoms. The Labute approximate surface area is 195 Å². The van der Waals surface area contributed by atoms with Crippen LogP contribution >= 0.6 is 0 Å². The molecule has 1 aliphatic heterocycles. The third-order valence-electron chi connectivity index (χ3n) is 5.91. The van der Waals surface area contributed by atoms with Gasteiger partial charge in [-0.05, 0) is 22.3 Å².